The van der Waals surface area contributed by atoms with Gasteiger partial charge in [0.1, 0.15) is 0 Å². The molecule has 0 saturated heterocycles. The van der Waals surface area contributed by atoms with E-state index in [2.05, 4.69) is 152 Å². The molecule has 0 spiro atoms. The molecular formula is C51H39N5. The van der Waals surface area contributed by atoms with Crippen molar-refractivity contribution in [3.8, 4) is 56.3 Å². The lowest BCUT2D eigenvalue weighted by Gasteiger charge is -2.11. The van der Waals surface area contributed by atoms with Gasteiger partial charge in [0, 0.05) is 33.2 Å². The maximum Gasteiger partial charge on any atom is 0.164 e. The number of fused-ring (bicyclic) bond motifs is 1. The Labute approximate surface area is 328 Å². The lowest BCUT2D eigenvalue weighted by Crippen LogP contribution is -2.02. The molecule has 0 fully saturated rings. The molecule has 268 valence electrons. The summed E-state index contributed by atoms with van der Waals surface area (Å²) in [6, 6.07) is 43.6. The van der Waals surface area contributed by atoms with E-state index in [-0.39, 0.29) is 0 Å². The standard InChI is InChI=1S/C51H39N5/c1-4-36-19-28-43-33-34-46(53-48(43)47(36)52-3)42-26-20-40(21-27-42)41-24-31-45(32-25-41)51-55-49(37(5-2)18-12-15-35-13-8-6-9-14-35)54-50(56-51)44-29-22-39(23-30-44)38-16-10-7-11-17-38/h4-13,15-35H,1-3,14H2/b15-12+,37-18+. The van der Waals surface area contributed by atoms with Crippen molar-refractivity contribution in [3.63, 3.8) is 0 Å². The second-order valence-electron chi connectivity index (χ2n) is 13.5. The summed E-state index contributed by atoms with van der Waals surface area (Å²) in [6.45, 7) is 11.8. The van der Waals surface area contributed by atoms with Gasteiger partial charge in [0.2, 0.25) is 0 Å². The zero-order chi connectivity index (χ0) is 38.3. The SMILES string of the molecule is C=C/C(=C\C=C\C1C=CC=CC1)c1nc(-c2ccc(-c3ccccc3)cc2)nc(-c2ccc(-c3ccc(-c4ccc5ccc(C=C)c(N=C)c5n4)cc3)cc2)n1. The summed E-state index contributed by atoms with van der Waals surface area (Å²) in [5.74, 6) is 2.11. The molecule has 1 unspecified atom stereocenters. The van der Waals surface area contributed by atoms with Gasteiger partial charge in [-0.2, -0.15) is 0 Å². The predicted octanol–water partition coefficient (Wildman–Crippen LogP) is 13.0. The van der Waals surface area contributed by atoms with Crippen LogP contribution in [0.4, 0.5) is 5.69 Å². The summed E-state index contributed by atoms with van der Waals surface area (Å²) in [6.07, 6.45) is 19.4. The van der Waals surface area contributed by atoms with Crippen LogP contribution in [-0.2, 0) is 0 Å². The molecule has 0 saturated carbocycles. The van der Waals surface area contributed by atoms with Crippen molar-refractivity contribution in [2.45, 2.75) is 6.42 Å². The van der Waals surface area contributed by atoms with E-state index in [1.165, 1.54) is 0 Å². The highest BCUT2D eigenvalue weighted by atomic mass is 15.0. The Bertz CT molecular complexity index is 2680. The first-order valence-electron chi connectivity index (χ1n) is 18.6. The molecule has 1 atom stereocenters. The third-order valence-corrected chi connectivity index (χ3v) is 9.91. The highest BCUT2D eigenvalue weighted by molar-refractivity contribution is 5.95. The van der Waals surface area contributed by atoms with E-state index in [4.69, 9.17) is 19.9 Å². The van der Waals surface area contributed by atoms with Gasteiger partial charge >= 0.3 is 0 Å². The fraction of sp³-hybridized carbons (Fsp3) is 0.0392. The number of benzene rings is 5. The second-order valence-corrected chi connectivity index (χ2v) is 13.5. The third-order valence-electron chi connectivity index (χ3n) is 9.91. The summed E-state index contributed by atoms with van der Waals surface area (Å²) >= 11 is 0. The lowest BCUT2D eigenvalue weighted by molar-refractivity contribution is 0.822. The Morgan fingerprint density at radius 3 is 1.77 bits per heavy atom. The number of aromatic nitrogens is 4. The molecule has 2 heterocycles. The van der Waals surface area contributed by atoms with Crippen LogP contribution < -0.4 is 0 Å². The zero-order valence-electron chi connectivity index (χ0n) is 31.0. The molecule has 0 bridgehead atoms. The van der Waals surface area contributed by atoms with E-state index in [0.717, 1.165) is 78.8 Å². The predicted molar refractivity (Wildman–Crippen MR) is 235 cm³/mol. The number of rotatable bonds is 11. The molecular weight excluding hydrogens is 683 g/mol. The first-order chi connectivity index (χ1) is 27.6. The molecule has 5 heteroatoms. The van der Waals surface area contributed by atoms with Crippen molar-refractivity contribution in [2.24, 2.45) is 10.9 Å². The fourth-order valence-electron chi connectivity index (χ4n) is 6.81. The highest BCUT2D eigenvalue weighted by Crippen LogP contribution is 2.33. The number of hydrogen-bond donors (Lipinski definition) is 0. The molecule has 1 aliphatic rings. The van der Waals surface area contributed by atoms with Gasteiger partial charge in [-0.3, -0.25) is 4.99 Å². The van der Waals surface area contributed by atoms with Crippen molar-refractivity contribution in [1.29, 1.82) is 0 Å². The van der Waals surface area contributed by atoms with Crippen LogP contribution in [0, 0.1) is 5.92 Å². The molecule has 0 aliphatic heterocycles. The van der Waals surface area contributed by atoms with Crippen molar-refractivity contribution in [1.82, 2.24) is 19.9 Å². The van der Waals surface area contributed by atoms with Crippen LogP contribution >= 0.6 is 0 Å². The summed E-state index contributed by atoms with van der Waals surface area (Å²) in [5.41, 5.74) is 11.4. The quantitative estimate of drug-likeness (QED) is 0.0985. The Hall–Kier alpha value is -7.37. The van der Waals surface area contributed by atoms with Gasteiger partial charge in [-0.25, -0.2) is 19.9 Å². The number of nitrogens with zero attached hydrogens (tertiary/aromatic N) is 5. The smallest absolute Gasteiger partial charge is 0.164 e. The van der Waals surface area contributed by atoms with E-state index < -0.39 is 0 Å². The van der Waals surface area contributed by atoms with E-state index in [9.17, 15) is 0 Å². The van der Waals surface area contributed by atoms with Crippen LogP contribution in [0.5, 0.6) is 0 Å². The number of allylic oxidation sites excluding steroid dienone is 9. The molecule has 7 aromatic rings. The Morgan fingerprint density at radius 2 is 1.20 bits per heavy atom. The van der Waals surface area contributed by atoms with Gasteiger partial charge in [-0.1, -0.05) is 189 Å². The van der Waals surface area contributed by atoms with Gasteiger partial charge in [0.15, 0.2) is 17.5 Å². The fourth-order valence-corrected chi connectivity index (χ4v) is 6.81. The monoisotopic (exact) mass is 721 g/mol. The minimum atomic E-state index is 0.356. The Kier molecular flexibility index (Phi) is 10.4. The minimum absolute atomic E-state index is 0.356. The first kappa shape index (κ1) is 35.6. The molecule has 8 rings (SSSR count). The van der Waals surface area contributed by atoms with Crippen LogP contribution in [0.3, 0.4) is 0 Å². The second kappa shape index (κ2) is 16.3. The largest absolute Gasteiger partial charge is 0.262 e. The molecule has 56 heavy (non-hydrogen) atoms. The van der Waals surface area contributed by atoms with Crippen molar-refractivity contribution >= 4 is 35.0 Å². The lowest BCUT2D eigenvalue weighted by atomic mass is 10.00. The normalized spacial score (nSPS) is 13.9. The van der Waals surface area contributed by atoms with Crippen LogP contribution in [0.15, 0.2) is 194 Å². The van der Waals surface area contributed by atoms with Crippen molar-refractivity contribution < 1.29 is 0 Å². The summed E-state index contributed by atoms with van der Waals surface area (Å²) in [7, 11) is 0. The highest BCUT2D eigenvalue weighted by Gasteiger charge is 2.14. The number of pyridine rings is 1. The topological polar surface area (TPSA) is 63.9 Å². The van der Waals surface area contributed by atoms with E-state index in [1.807, 2.05) is 42.5 Å². The van der Waals surface area contributed by atoms with E-state index in [0.29, 0.717) is 23.4 Å². The Morgan fingerprint density at radius 1 is 0.607 bits per heavy atom. The molecule has 1 aliphatic carbocycles. The maximum absolute atomic E-state index is 5.00. The Balaban J connectivity index is 1.10. The average molecular weight is 722 g/mol. The van der Waals surface area contributed by atoms with Gasteiger partial charge in [0.05, 0.1) is 16.9 Å². The molecule has 2 aromatic heterocycles. The van der Waals surface area contributed by atoms with E-state index >= 15 is 0 Å². The van der Waals surface area contributed by atoms with Gasteiger partial charge in [-0.05, 0) is 47.4 Å². The molecule has 5 nitrogen and oxygen atoms in total. The minimum Gasteiger partial charge on any atom is -0.262 e. The molecule has 0 amide bonds. The van der Waals surface area contributed by atoms with Crippen LogP contribution in [0.1, 0.15) is 17.8 Å². The van der Waals surface area contributed by atoms with Crippen LogP contribution in [-0.4, -0.2) is 26.7 Å². The summed E-state index contributed by atoms with van der Waals surface area (Å²) < 4.78 is 0. The average Bonchev–Trinajstić information content (AvgIpc) is 3.28. The number of aliphatic imine (C=N–C) groups is 1. The summed E-state index contributed by atoms with van der Waals surface area (Å²) in [5, 5.41) is 1.01. The van der Waals surface area contributed by atoms with Gasteiger partial charge in [0.25, 0.3) is 0 Å². The summed E-state index contributed by atoms with van der Waals surface area (Å²) in [4.78, 5) is 24.2. The van der Waals surface area contributed by atoms with Crippen LogP contribution in [0.25, 0.3) is 78.8 Å². The maximum atomic E-state index is 5.00. The number of hydrogen-bond acceptors (Lipinski definition) is 5. The third kappa shape index (κ3) is 7.65. The molecule has 0 N–H and O–H groups in total. The van der Waals surface area contributed by atoms with E-state index in [1.54, 1.807) is 12.2 Å². The van der Waals surface area contributed by atoms with Crippen LogP contribution in [0.2, 0.25) is 0 Å². The first-order valence-corrected chi connectivity index (χ1v) is 18.6. The van der Waals surface area contributed by atoms with Gasteiger partial charge < -0.3 is 0 Å². The van der Waals surface area contributed by atoms with Crippen molar-refractivity contribution in [2.75, 3.05) is 0 Å². The molecule has 5 aromatic carbocycles. The molecule has 0 radical (unpaired) electrons. The zero-order valence-corrected chi connectivity index (χ0v) is 31.0. The van der Waals surface area contributed by atoms with Crippen molar-refractivity contribution in [3.05, 3.63) is 201 Å². The van der Waals surface area contributed by atoms with Gasteiger partial charge in [-0.15, -0.1) is 0 Å².